The lowest BCUT2D eigenvalue weighted by molar-refractivity contribution is 0.186. The minimum Gasteiger partial charge on any atom is -0.390 e. The zero-order valence-electron chi connectivity index (χ0n) is 20.4. The van der Waals surface area contributed by atoms with Gasteiger partial charge in [-0.05, 0) is 42.5 Å². The van der Waals surface area contributed by atoms with Crippen molar-refractivity contribution in [3.05, 3.63) is 12.1 Å². The number of H-pyrrole nitrogens is 1. The second kappa shape index (κ2) is 12.7. The molecule has 10 N–H and O–H groups in total. The van der Waals surface area contributed by atoms with E-state index in [1.807, 2.05) is 11.8 Å². The van der Waals surface area contributed by atoms with Gasteiger partial charge in [0, 0.05) is 50.2 Å². The van der Waals surface area contributed by atoms with Crippen molar-refractivity contribution in [2.45, 2.75) is 40.9 Å². The van der Waals surface area contributed by atoms with E-state index in [0.717, 1.165) is 12.8 Å². The Hall–Kier alpha value is -2.03. The number of aliphatic hydroxyl groups is 1. The monoisotopic (exact) mass is 578 g/mol. The van der Waals surface area contributed by atoms with Gasteiger partial charge in [0.25, 0.3) is 0 Å². The Labute approximate surface area is 218 Å². The van der Waals surface area contributed by atoms with Crippen LogP contribution in [0.2, 0.25) is 0 Å². The summed E-state index contributed by atoms with van der Waals surface area (Å²) in [5.74, 6) is -0.119. The Morgan fingerprint density at radius 2 is 1.97 bits per heavy atom. The second-order valence-electron chi connectivity index (χ2n) is 8.29. The van der Waals surface area contributed by atoms with Gasteiger partial charge in [0.2, 0.25) is 25.9 Å². The highest BCUT2D eigenvalue weighted by atomic mass is 32.2. The van der Waals surface area contributed by atoms with E-state index in [4.69, 9.17) is 16.6 Å². The highest BCUT2D eigenvalue weighted by Crippen LogP contribution is 2.40. The summed E-state index contributed by atoms with van der Waals surface area (Å²) >= 11 is 0. The highest BCUT2D eigenvalue weighted by molar-refractivity contribution is 8.13. The Morgan fingerprint density at radius 3 is 2.51 bits per heavy atom. The normalized spacial score (nSPS) is 17.3. The number of primary sulfonamides is 1. The number of aliphatic hydroxyl groups excluding tert-OH is 1. The molecule has 0 aliphatic carbocycles. The molecule has 0 spiro atoms. The van der Waals surface area contributed by atoms with Crippen LogP contribution in [0, 0.1) is 0 Å². The van der Waals surface area contributed by atoms with Crippen LogP contribution in [0.1, 0.15) is 19.8 Å². The third-order valence-electron chi connectivity index (χ3n) is 5.83. The number of hydrogen-bond donors (Lipinski definition) is 7. The Balaban J connectivity index is 2.06. The maximum absolute atomic E-state index is 13.1. The van der Waals surface area contributed by atoms with Crippen LogP contribution in [-0.2, 0) is 20.0 Å². The average molecular weight is 579 g/mol. The number of sulfonamides is 2. The molecule has 0 saturated carbocycles. The molecule has 2 heterocycles. The molecule has 0 radical (unpaired) electrons. The highest BCUT2D eigenvalue weighted by Gasteiger charge is 2.34. The van der Waals surface area contributed by atoms with Crippen LogP contribution < -0.4 is 31.0 Å². The fourth-order valence-corrected chi connectivity index (χ4v) is 8.61. The summed E-state index contributed by atoms with van der Waals surface area (Å²) < 4.78 is 57.4. The molecule has 2 atom stereocenters. The van der Waals surface area contributed by atoms with Crippen LogP contribution in [0.3, 0.4) is 0 Å². The van der Waals surface area contributed by atoms with Gasteiger partial charge in [0.1, 0.15) is 9.79 Å². The lowest BCUT2D eigenvalue weighted by Gasteiger charge is -2.36. The second-order valence-corrected chi connectivity index (χ2v) is 13.7. The third-order valence-corrected chi connectivity index (χ3v) is 10.7. The summed E-state index contributed by atoms with van der Waals surface area (Å²) in [5, 5.41) is 31.4. The van der Waals surface area contributed by atoms with Crippen molar-refractivity contribution >= 4 is 41.8 Å². The first-order valence-corrected chi connectivity index (χ1v) is 15.9. The number of piperidine rings is 1. The molecule has 1 fully saturated rings. The largest absolute Gasteiger partial charge is 0.390 e. The molecular weight excluding hydrogens is 544 g/mol. The smallest absolute Gasteiger partial charge is 0.242 e. The molecule has 18 heteroatoms. The molecule has 2 aromatic rings. The van der Waals surface area contributed by atoms with E-state index in [0.29, 0.717) is 37.1 Å². The SMILES string of the molecule is C/C=S(/NCCN)C1CCN(c2ccc(S(=O)(=O)NC[C@H](O)CN)c(S(N)(=O)=O)c2-c2nn[nH]n2)CC1. The molecule has 1 aromatic heterocycles. The van der Waals surface area contributed by atoms with Gasteiger partial charge in [-0.25, -0.2) is 26.7 Å². The average Bonchev–Trinajstić information content (AvgIpc) is 3.41. The topological polar surface area (TPSA) is 248 Å². The van der Waals surface area contributed by atoms with E-state index >= 15 is 0 Å². The van der Waals surface area contributed by atoms with Crippen molar-refractivity contribution < 1.29 is 21.9 Å². The van der Waals surface area contributed by atoms with E-state index in [2.05, 4.69) is 35.4 Å². The fraction of sp³-hybridized carbons (Fsp3) is 0.579. The summed E-state index contributed by atoms with van der Waals surface area (Å²) in [5.41, 5.74) is 11.3. The van der Waals surface area contributed by atoms with Gasteiger partial charge in [-0.1, -0.05) is 0 Å². The molecule has 3 rings (SSSR count). The first-order valence-electron chi connectivity index (χ1n) is 11.5. The van der Waals surface area contributed by atoms with Crippen molar-refractivity contribution in [3.8, 4) is 11.4 Å². The number of anilines is 1. The van der Waals surface area contributed by atoms with E-state index in [9.17, 15) is 21.9 Å². The Kier molecular flexibility index (Phi) is 10.1. The molecule has 1 aliphatic rings. The summed E-state index contributed by atoms with van der Waals surface area (Å²) in [6.07, 6.45) is 0.453. The number of tetrazole rings is 1. The van der Waals surface area contributed by atoms with Crippen LogP contribution in [0.15, 0.2) is 21.9 Å². The van der Waals surface area contributed by atoms with Crippen LogP contribution in [0.25, 0.3) is 11.4 Å². The molecule has 1 aliphatic heterocycles. The molecule has 15 nitrogen and oxygen atoms in total. The van der Waals surface area contributed by atoms with Gasteiger partial charge < -0.3 is 21.5 Å². The molecule has 1 aromatic carbocycles. The van der Waals surface area contributed by atoms with Crippen LogP contribution in [-0.4, -0.2) is 98.6 Å². The van der Waals surface area contributed by atoms with Crippen LogP contribution in [0.4, 0.5) is 5.69 Å². The van der Waals surface area contributed by atoms with Crippen molar-refractivity contribution in [1.29, 1.82) is 0 Å². The number of aromatic nitrogens is 4. The predicted octanol–water partition coefficient (Wildman–Crippen LogP) is -2.36. The Bertz CT molecular complexity index is 1290. The molecular formula is C19H34N10O5S3. The standard InChI is InChI=1S/C19H34N10O5S3/c1-2-35(23-8-7-20)14-5-9-29(10-6-14)15-3-4-16(37(33,34)24-12-13(30)11-21)18(36(22,31)32)17(15)19-25-27-28-26-19/h2-4,13-14,23-24,30H,5-12,20-21H2,1H3,(H2,22,31,32)(H,25,26,27,28)/t13-,35?/m1/s1. The third kappa shape index (κ3) is 7.09. The number of nitrogens with two attached hydrogens (primary N) is 3. The summed E-state index contributed by atoms with van der Waals surface area (Å²) in [6.45, 7) is 3.81. The van der Waals surface area contributed by atoms with Crippen molar-refractivity contribution in [2.75, 3.05) is 44.2 Å². The molecule has 0 amide bonds. The molecule has 208 valence electrons. The number of aromatic amines is 1. The van der Waals surface area contributed by atoms with E-state index in [-0.39, 0.29) is 28.6 Å². The van der Waals surface area contributed by atoms with Gasteiger partial charge >= 0.3 is 0 Å². The van der Waals surface area contributed by atoms with Gasteiger partial charge in [0.15, 0.2) is 0 Å². The molecule has 1 saturated heterocycles. The van der Waals surface area contributed by atoms with E-state index < -0.39 is 42.5 Å². The maximum Gasteiger partial charge on any atom is 0.242 e. The molecule has 1 unspecified atom stereocenters. The van der Waals surface area contributed by atoms with E-state index in [1.165, 1.54) is 12.1 Å². The minimum atomic E-state index is -4.60. The molecule has 37 heavy (non-hydrogen) atoms. The Morgan fingerprint density at radius 1 is 1.27 bits per heavy atom. The summed E-state index contributed by atoms with van der Waals surface area (Å²) in [4.78, 5) is 0.708. The van der Waals surface area contributed by atoms with Gasteiger partial charge in [-0.15, -0.1) is 20.9 Å². The summed E-state index contributed by atoms with van der Waals surface area (Å²) in [7, 11) is -9.14. The van der Waals surface area contributed by atoms with Crippen molar-refractivity contribution in [3.63, 3.8) is 0 Å². The van der Waals surface area contributed by atoms with Crippen molar-refractivity contribution in [1.82, 2.24) is 30.1 Å². The fourth-order valence-electron chi connectivity index (χ4n) is 4.08. The zero-order valence-corrected chi connectivity index (χ0v) is 22.8. The number of nitrogens with zero attached hydrogens (tertiary/aromatic N) is 4. The summed E-state index contributed by atoms with van der Waals surface area (Å²) in [6, 6.07) is 2.68. The van der Waals surface area contributed by atoms with Crippen molar-refractivity contribution in [2.24, 2.45) is 16.6 Å². The molecule has 0 bridgehead atoms. The van der Waals surface area contributed by atoms with Gasteiger partial charge in [0.05, 0.1) is 11.7 Å². The first-order chi connectivity index (χ1) is 17.5. The number of nitrogens with one attached hydrogen (secondary N) is 3. The van der Waals surface area contributed by atoms with Gasteiger partial charge in [-0.3, -0.25) is 4.72 Å². The maximum atomic E-state index is 13.1. The number of rotatable bonds is 12. The zero-order chi connectivity index (χ0) is 27.2. The first kappa shape index (κ1) is 29.5. The van der Waals surface area contributed by atoms with Crippen LogP contribution >= 0.6 is 10.7 Å². The minimum absolute atomic E-state index is 0.0701. The lowest BCUT2D eigenvalue weighted by atomic mass is 10.1. The van der Waals surface area contributed by atoms with Gasteiger partial charge in [-0.2, -0.15) is 5.21 Å². The quantitative estimate of drug-likeness (QED) is 0.131. The van der Waals surface area contributed by atoms with E-state index in [1.54, 1.807) is 0 Å². The predicted molar refractivity (Wildman–Crippen MR) is 143 cm³/mol. The lowest BCUT2D eigenvalue weighted by Crippen LogP contribution is -2.38. The number of hydrogen-bond acceptors (Lipinski definition) is 12. The number of benzene rings is 1. The van der Waals surface area contributed by atoms with Crippen LogP contribution in [0.5, 0.6) is 0 Å².